The van der Waals surface area contributed by atoms with E-state index in [0.29, 0.717) is 43.6 Å². The zero-order valence-corrected chi connectivity index (χ0v) is 24.7. The fourth-order valence-electron chi connectivity index (χ4n) is 4.11. The van der Waals surface area contributed by atoms with Crippen LogP contribution < -0.4 is 19.9 Å². The molecule has 0 amide bonds. The second-order valence-electron chi connectivity index (χ2n) is 10.3. The normalized spacial score (nSPS) is 14.8. The summed E-state index contributed by atoms with van der Waals surface area (Å²) in [6, 6.07) is 5.06. The molecule has 0 spiro atoms. The number of hydrogen-bond acceptors (Lipinski definition) is 7. The van der Waals surface area contributed by atoms with Gasteiger partial charge in [0, 0.05) is 45.3 Å². The second kappa shape index (κ2) is 17.2. The van der Waals surface area contributed by atoms with E-state index in [1.165, 1.54) is 4.31 Å². The first-order valence-corrected chi connectivity index (χ1v) is 14.9. The first-order chi connectivity index (χ1) is 17.5. The number of ether oxygens (including phenoxy) is 3. The molecule has 0 fully saturated rings. The smallest absolute Gasteiger partial charge is 0.279 e. The van der Waals surface area contributed by atoms with Gasteiger partial charge in [-0.25, -0.2) is 4.72 Å². The highest BCUT2D eigenvalue weighted by Crippen LogP contribution is 2.31. The molecule has 0 unspecified atom stereocenters. The Morgan fingerprint density at radius 3 is 2.35 bits per heavy atom. The van der Waals surface area contributed by atoms with E-state index in [1.54, 1.807) is 28.1 Å². The molecule has 1 aromatic rings. The first-order valence-electron chi connectivity index (χ1n) is 13.4. The summed E-state index contributed by atoms with van der Waals surface area (Å²) in [5.41, 5.74) is 7.54. The van der Waals surface area contributed by atoms with E-state index in [1.807, 2.05) is 25.1 Å². The van der Waals surface area contributed by atoms with Gasteiger partial charge >= 0.3 is 0 Å². The van der Waals surface area contributed by atoms with Crippen LogP contribution in [0.3, 0.4) is 0 Å². The maximum Gasteiger partial charge on any atom is 0.279 e. The molecule has 216 valence electrons. The van der Waals surface area contributed by atoms with Gasteiger partial charge in [-0.1, -0.05) is 33.3 Å². The molecule has 0 saturated heterocycles. The van der Waals surface area contributed by atoms with Crippen LogP contribution in [-0.4, -0.2) is 76.5 Å². The zero-order valence-electron chi connectivity index (χ0n) is 23.9. The minimum atomic E-state index is -3.70. The lowest BCUT2D eigenvalue weighted by molar-refractivity contribution is 0.0976. The van der Waals surface area contributed by atoms with Crippen LogP contribution in [0, 0.1) is 11.8 Å². The summed E-state index contributed by atoms with van der Waals surface area (Å²) in [5.74, 6) is 1.87. The molecular weight excluding hydrogens is 494 g/mol. The minimum absolute atomic E-state index is 0.0485. The largest absolute Gasteiger partial charge is 0.493 e. The Morgan fingerprint density at radius 1 is 1.08 bits per heavy atom. The summed E-state index contributed by atoms with van der Waals surface area (Å²) < 4.78 is 46.0. The summed E-state index contributed by atoms with van der Waals surface area (Å²) in [6.07, 6.45) is 2.76. The predicted molar refractivity (Wildman–Crippen MR) is 149 cm³/mol. The Labute approximate surface area is 225 Å². The SMILES string of the molecule is CCCCNS(=O)(=O)N(C[C@H](O)[C@@H](N)C[C@H](Cc1ccc(OC)c(OCCCOC)c1)C(C)C)C(C)C. The lowest BCUT2D eigenvalue weighted by atomic mass is 9.83. The van der Waals surface area contributed by atoms with Crippen LogP contribution in [0.5, 0.6) is 11.5 Å². The van der Waals surface area contributed by atoms with Crippen LogP contribution in [0.25, 0.3) is 0 Å². The standard InChI is InChI=1S/C27H51N3O6S/c1-8-9-13-29-37(32,33)30(21(4)5)19-25(31)24(28)18-23(20(2)3)16-22-11-12-26(35-7)27(17-22)36-15-10-14-34-6/h11-12,17,20-21,23-25,29,31H,8-10,13-16,18-19,28H2,1-7H3/t23-,24-,25-/m0/s1. The third-order valence-corrected chi connectivity index (χ3v) is 8.31. The Balaban J connectivity index is 2.89. The molecule has 4 N–H and O–H groups in total. The number of benzene rings is 1. The van der Waals surface area contributed by atoms with E-state index in [9.17, 15) is 13.5 Å². The number of aliphatic hydroxyl groups is 1. The minimum Gasteiger partial charge on any atom is -0.493 e. The number of nitrogens with zero attached hydrogens (tertiary/aromatic N) is 1. The van der Waals surface area contributed by atoms with E-state index in [4.69, 9.17) is 19.9 Å². The van der Waals surface area contributed by atoms with E-state index in [2.05, 4.69) is 18.6 Å². The topological polar surface area (TPSA) is 123 Å². The average molecular weight is 546 g/mol. The Kier molecular flexibility index (Phi) is 15.6. The van der Waals surface area contributed by atoms with Gasteiger partial charge in [0.1, 0.15) is 0 Å². The number of rotatable bonds is 20. The summed E-state index contributed by atoms with van der Waals surface area (Å²) >= 11 is 0. The molecule has 1 aromatic carbocycles. The zero-order chi connectivity index (χ0) is 28.0. The van der Waals surface area contributed by atoms with Crippen LogP contribution in [0.2, 0.25) is 0 Å². The van der Waals surface area contributed by atoms with Crippen LogP contribution in [0.4, 0.5) is 0 Å². The molecule has 10 heteroatoms. The number of unbranched alkanes of at least 4 members (excludes halogenated alkanes) is 1. The lowest BCUT2D eigenvalue weighted by Gasteiger charge is -2.32. The van der Waals surface area contributed by atoms with Gasteiger partial charge in [-0.05, 0) is 62.6 Å². The van der Waals surface area contributed by atoms with Crippen LogP contribution in [0.1, 0.15) is 65.9 Å². The molecule has 0 aliphatic rings. The number of nitrogens with one attached hydrogen (secondary N) is 1. The van der Waals surface area contributed by atoms with Crippen LogP contribution in [-0.2, 0) is 21.4 Å². The number of methoxy groups -OCH3 is 2. The van der Waals surface area contributed by atoms with E-state index >= 15 is 0 Å². The van der Waals surface area contributed by atoms with Gasteiger partial charge in [-0.3, -0.25) is 0 Å². The molecule has 37 heavy (non-hydrogen) atoms. The molecule has 0 aliphatic heterocycles. The summed E-state index contributed by atoms with van der Waals surface area (Å²) in [7, 11) is -0.420. The van der Waals surface area contributed by atoms with Crippen molar-refractivity contribution in [3.8, 4) is 11.5 Å². The van der Waals surface area contributed by atoms with Crippen LogP contribution in [0.15, 0.2) is 18.2 Å². The van der Waals surface area contributed by atoms with Crippen molar-refractivity contribution in [2.75, 3.05) is 40.5 Å². The quantitative estimate of drug-likeness (QED) is 0.215. The van der Waals surface area contributed by atoms with E-state index in [0.717, 1.165) is 31.2 Å². The molecule has 1 rings (SSSR count). The van der Waals surface area contributed by atoms with Crippen LogP contribution >= 0.6 is 0 Å². The van der Waals surface area contributed by atoms with Crippen molar-refractivity contribution in [3.63, 3.8) is 0 Å². The Morgan fingerprint density at radius 2 is 1.78 bits per heavy atom. The van der Waals surface area contributed by atoms with E-state index in [-0.39, 0.29) is 18.5 Å². The highest BCUT2D eigenvalue weighted by atomic mass is 32.2. The number of nitrogens with two attached hydrogens (primary N) is 1. The summed E-state index contributed by atoms with van der Waals surface area (Å²) in [4.78, 5) is 0. The fourth-order valence-corrected chi connectivity index (χ4v) is 5.59. The van der Waals surface area contributed by atoms with Crippen molar-refractivity contribution < 1.29 is 27.7 Å². The Hall–Kier alpha value is -1.43. The maximum absolute atomic E-state index is 12.8. The van der Waals surface area contributed by atoms with Gasteiger partial charge in [0.25, 0.3) is 10.2 Å². The maximum atomic E-state index is 12.8. The number of aliphatic hydroxyl groups excluding tert-OH is 1. The molecular formula is C27H51N3O6S. The third-order valence-electron chi connectivity index (χ3n) is 6.55. The highest BCUT2D eigenvalue weighted by Gasteiger charge is 2.30. The Bertz CT molecular complexity index is 866. The lowest BCUT2D eigenvalue weighted by Crippen LogP contribution is -2.52. The van der Waals surface area contributed by atoms with Crippen molar-refractivity contribution >= 4 is 10.2 Å². The van der Waals surface area contributed by atoms with Gasteiger partial charge in [-0.15, -0.1) is 0 Å². The summed E-state index contributed by atoms with van der Waals surface area (Å²) in [5, 5.41) is 10.9. The van der Waals surface area contributed by atoms with Crippen molar-refractivity contribution in [1.82, 2.24) is 9.03 Å². The monoisotopic (exact) mass is 545 g/mol. The van der Waals surface area contributed by atoms with Gasteiger partial charge in [0.05, 0.1) is 19.8 Å². The van der Waals surface area contributed by atoms with Crippen molar-refractivity contribution in [2.45, 2.75) is 84.9 Å². The first kappa shape index (κ1) is 33.6. The molecule has 0 aliphatic carbocycles. The van der Waals surface area contributed by atoms with Gasteiger partial charge in [0.2, 0.25) is 0 Å². The molecule has 0 saturated carbocycles. The summed E-state index contributed by atoms with van der Waals surface area (Å²) in [6.45, 7) is 11.4. The van der Waals surface area contributed by atoms with Crippen molar-refractivity contribution in [1.29, 1.82) is 0 Å². The van der Waals surface area contributed by atoms with Gasteiger partial charge in [0.15, 0.2) is 11.5 Å². The number of hydrogen-bond donors (Lipinski definition) is 3. The average Bonchev–Trinajstić information content (AvgIpc) is 2.84. The highest BCUT2D eigenvalue weighted by molar-refractivity contribution is 7.87. The van der Waals surface area contributed by atoms with Crippen molar-refractivity contribution in [3.05, 3.63) is 23.8 Å². The molecule has 0 bridgehead atoms. The molecule has 0 aromatic heterocycles. The molecule has 0 heterocycles. The third kappa shape index (κ3) is 11.9. The molecule has 9 nitrogen and oxygen atoms in total. The fraction of sp³-hybridized carbons (Fsp3) is 0.778. The van der Waals surface area contributed by atoms with Gasteiger partial charge in [-0.2, -0.15) is 12.7 Å². The molecule has 0 radical (unpaired) electrons. The van der Waals surface area contributed by atoms with Gasteiger partial charge < -0.3 is 25.1 Å². The molecule has 3 atom stereocenters. The predicted octanol–water partition coefficient (Wildman–Crippen LogP) is 3.35. The van der Waals surface area contributed by atoms with E-state index < -0.39 is 22.4 Å². The second-order valence-corrected chi connectivity index (χ2v) is 12.0. The van der Waals surface area contributed by atoms with Crippen molar-refractivity contribution in [2.24, 2.45) is 17.6 Å².